The highest BCUT2D eigenvalue weighted by atomic mass is 19.4. The normalized spacial score (nSPS) is 11.3. The van der Waals surface area contributed by atoms with E-state index in [-0.39, 0.29) is 11.4 Å². The Morgan fingerprint density at radius 1 is 1.00 bits per heavy atom. The van der Waals surface area contributed by atoms with Gasteiger partial charge in [-0.15, -0.1) is 0 Å². The highest BCUT2D eigenvalue weighted by Crippen LogP contribution is 2.37. The summed E-state index contributed by atoms with van der Waals surface area (Å²) in [6.45, 7) is 0.771. The number of nitrogens with one attached hydrogen (secondary N) is 1. The number of alkyl halides is 3. The van der Waals surface area contributed by atoms with Crippen LogP contribution in [0, 0.1) is 0 Å². The lowest BCUT2D eigenvalue weighted by molar-refractivity contribution is -0.153. The third-order valence-corrected chi connectivity index (χ3v) is 5.33. The minimum absolute atomic E-state index is 0.240. The summed E-state index contributed by atoms with van der Waals surface area (Å²) in [6.07, 6.45) is -0.983. The topological polar surface area (TPSA) is 96.7 Å². The number of ether oxygens (including phenoxy) is 4. The van der Waals surface area contributed by atoms with Crippen LogP contribution in [0.4, 0.5) is 18.9 Å². The molecule has 2 heterocycles. The Hall–Kier alpha value is -4.48. The number of carbonyl (C=O) groups is 1. The van der Waals surface area contributed by atoms with Crippen LogP contribution in [0.3, 0.4) is 0 Å². The van der Waals surface area contributed by atoms with Crippen molar-refractivity contribution in [2.24, 2.45) is 0 Å². The number of nitrogens with zero attached hydrogens (tertiary/aromatic N) is 3. The molecule has 0 aliphatic heterocycles. The molecule has 1 amide bonds. The Balaban J connectivity index is 1.50. The van der Waals surface area contributed by atoms with Gasteiger partial charge in [0, 0.05) is 29.9 Å². The van der Waals surface area contributed by atoms with Crippen molar-refractivity contribution in [2.75, 3.05) is 26.1 Å². The number of amides is 1. The Morgan fingerprint density at radius 2 is 1.71 bits per heavy atom. The molecule has 12 heteroatoms. The minimum atomic E-state index is -4.55. The number of anilines is 1. The summed E-state index contributed by atoms with van der Waals surface area (Å²) in [4.78, 5) is 17.2. The Morgan fingerprint density at radius 3 is 2.37 bits per heavy atom. The van der Waals surface area contributed by atoms with E-state index in [1.54, 1.807) is 48.7 Å². The maximum atomic E-state index is 12.8. The number of methoxy groups -OCH3 is 2. The number of rotatable bonds is 10. The third kappa shape index (κ3) is 6.25. The van der Waals surface area contributed by atoms with E-state index in [1.807, 2.05) is 6.92 Å². The van der Waals surface area contributed by atoms with Gasteiger partial charge >= 0.3 is 6.18 Å². The van der Waals surface area contributed by atoms with Gasteiger partial charge in [-0.1, -0.05) is 6.92 Å². The Labute approximate surface area is 216 Å². The van der Waals surface area contributed by atoms with Crippen LogP contribution < -0.4 is 24.3 Å². The zero-order valence-electron chi connectivity index (χ0n) is 20.8. The van der Waals surface area contributed by atoms with Crippen LogP contribution in [0.15, 0.2) is 54.9 Å². The summed E-state index contributed by atoms with van der Waals surface area (Å²) in [5.41, 5.74) is 0.797. The highest BCUT2D eigenvalue weighted by Gasteiger charge is 2.30. The van der Waals surface area contributed by atoms with Crippen molar-refractivity contribution in [1.82, 2.24) is 14.8 Å². The lowest BCUT2D eigenvalue weighted by atomic mass is 10.2. The van der Waals surface area contributed by atoms with Crippen molar-refractivity contribution >= 4 is 22.5 Å². The van der Waals surface area contributed by atoms with Crippen LogP contribution in [0.25, 0.3) is 10.9 Å². The van der Waals surface area contributed by atoms with E-state index in [0.29, 0.717) is 52.6 Å². The monoisotopic (exact) mass is 530 g/mol. The second-order valence-corrected chi connectivity index (χ2v) is 8.12. The second kappa shape index (κ2) is 11.3. The fourth-order valence-electron chi connectivity index (χ4n) is 3.63. The van der Waals surface area contributed by atoms with E-state index in [1.165, 1.54) is 25.1 Å². The van der Waals surface area contributed by atoms with Crippen LogP contribution >= 0.6 is 0 Å². The first-order chi connectivity index (χ1) is 18.2. The molecule has 0 spiro atoms. The summed E-state index contributed by atoms with van der Waals surface area (Å²) >= 11 is 0. The maximum Gasteiger partial charge on any atom is 0.422 e. The lowest BCUT2D eigenvalue weighted by Crippen LogP contribution is -2.21. The smallest absolute Gasteiger partial charge is 0.422 e. The van der Waals surface area contributed by atoms with E-state index in [0.717, 1.165) is 0 Å². The summed E-state index contributed by atoms with van der Waals surface area (Å²) < 4.78 is 60.9. The Kier molecular flexibility index (Phi) is 7.89. The van der Waals surface area contributed by atoms with Gasteiger partial charge in [-0.3, -0.25) is 14.5 Å². The molecule has 4 aromatic rings. The third-order valence-electron chi connectivity index (χ3n) is 5.33. The molecule has 9 nitrogen and oxygen atoms in total. The number of aromatic nitrogens is 3. The molecule has 0 saturated heterocycles. The average molecular weight is 531 g/mol. The number of fused-ring (bicyclic) bond motifs is 1. The van der Waals surface area contributed by atoms with E-state index >= 15 is 0 Å². The summed E-state index contributed by atoms with van der Waals surface area (Å²) in [6, 6.07) is 11.7. The molecule has 2 aromatic carbocycles. The molecule has 1 N–H and O–H groups in total. The number of halogens is 3. The molecule has 38 heavy (non-hydrogen) atoms. The largest absolute Gasteiger partial charge is 0.493 e. The standard InChI is InChI=1S/C26H25F3N4O5/c1-4-11-33-14-23(37-15-26(27,28)29)24(32-33)25(34)31-16-5-7-17(8-6-16)38-20-9-10-30-19-13-22(36-3)21(35-2)12-18(19)20/h5-10,12-14H,4,11,15H2,1-3H3,(H,31,34). The van der Waals surface area contributed by atoms with Gasteiger partial charge in [0.15, 0.2) is 29.5 Å². The van der Waals surface area contributed by atoms with Gasteiger partial charge in [0.2, 0.25) is 0 Å². The van der Waals surface area contributed by atoms with E-state index in [2.05, 4.69) is 15.4 Å². The quantitative estimate of drug-likeness (QED) is 0.275. The second-order valence-electron chi connectivity index (χ2n) is 8.12. The van der Waals surface area contributed by atoms with E-state index < -0.39 is 18.7 Å². The predicted molar refractivity (Wildman–Crippen MR) is 133 cm³/mol. The van der Waals surface area contributed by atoms with Crippen molar-refractivity contribution in [1.29, 1.82) is 0 Å². The number of aryl methyl sites for hydroxylation is 1. The van der Waals surface area contributed by atoms with E-state index in [4.69, 9.17) is 18.9 Å². The fourth-order valence-corrected chi connectivity index (χ4v) is 3.63. The zero-order chi connectivity index (χ0) is 27.3. The molecule has 0 fully saturated rings. The number of hydrogen-bond acceptors (Lipinski definition) is 7. The predicted octanol–water partition coefficient (Wildman–Crippen LogP) is 5.84. The maximum absolute atomic E-state index is 12.8. The fraction of sp³-hybridized carbons (Fsp3) is 0.269. The number of carbonyl (C=O) groups excluding carboxylic acids is 1. The molecule has 200 valence electrons. The van der Waals surface area contributed by atoms with Gasteiger partial charge < -0.3 is 24.3 Å². The number of benzene rings is 2. The summed E-state index contributed by atoms with van der Waals surface area (Å²) in [5, 5.41) is 7.42. The molecule has 2 aromatic heterocycles. The molecular weight excluding hydrogens is 505 g/mol. The molecule has 4 rings (SSSR count). The van der Waals surface area contributed by atoms with Crippen LogP contribution in [0.5, 0.6) is 28.7 Å². The number of hydrogen-bond donors (Lipinski definition) is 1. The SMILES string of the molecule is CCCn1cc(OCC(F)(F)F)c(C(=O)Nc2ccc(Oc3ccnc4cc(OC)c(OC)cc34)cc2)n1. The van der Waals surface area contributed by atoms with Crippen LogP contribution in [-0.4, -0.2) is 47.7 Å². The first-order valence-electron chi connectivity index (χ1n) is 11.6. The molecule has 0 saturated carbocycles. The first kappa shape index (κ1) is 26.6. The van der Waals surface area contributed by atoms with Gasteiger partial charge in [-0.05, 0) is 42.8 Å². The molecule has 0 atom stereocenters. The Bertz CT molecular complexity index is 1420. The van der Waals surface area contributed by atoms with Crippen LogP contribution in [0.2, 0.25) is 0 Å². The van der Waals surface area contributed by atoms with Gasteiger partial charge in [-0.25, -0.2) is 0 Å². The molecule has 0 aliphatic rings. The summed E-state index contributed by atoms with van der Waals surface area (Å²) in [7, 11) is 3.07. The summed E-state index contributed by atoms with van der Waals surface area (Å²) in [5.74, 6) is 1.12. The van der Waals surface area contributed by atoms with Gasteiger partial charge in [0.25, 0.3) is 5.91 Å². The molecule has 0 aliphatic carbocycles. The lowest BCUT2D eigenvalue weighted by Gasteiger charge is -2.13. The first-order valence-corrected chi connectivity index (χ1v) is 11.6. The van der Waals surface area contributed by atoms with Crippen molar-refractivity contribution in [3.63, 3.8) is 0 Å². The highest BCUT2D eigenvalue weighted by molar-refractivity contribution is 6.04. The van der Waals surface area contributed by atoms with Crippen molar-refractivity contribution in [2.45, 2.75) is 26.1 Å². The van der Waals surface area contributed by atoms with Gasteiger partial charge in [-0.2, -0.15) is 18.3 Å². The van der Waals surface area contributed by atoms with Crippen molar-refractivity contribution < 1.29 is 36.9 Å². The minimum Gasteiger partial charge on any atom is -0.493 e. The zero-order valence-corrected chi connectivity index (χ0v) is 20.8. The van der Waals surface area contributed by atoms with Crippen LogP contribution in [0.1, 0.15) is 23.8 Å². The molecule has 0 radical (unpaired) electrons. The van der Waals surface area contributed by atoms with Crippen LogP contribution in [-0.2, 0) is 6.54 Å². The molecular formula is C26H25F3N4O5. The van der Waals surface area contributed by atoms with Gasteiger partial charge in [0.05, 0.1) is 25.9 Å². The molecule has 0 bridgehead atoms. The average Bonchev–Trinajstić information content (AvgIpc) is 3.31. The number of pyridine rings is 1. The van der Waals surface area contributed by atoms with Crippen molar-refractivity contribution in [3.05, 3.63) is 60.6 Å². The van der Waals surface area contributed by atoms with Crippen molar-refractivity contribution in [3.8, 4) is 28.7 Å². The van der Waals surface area contributed by atoms with Gasteiger partial charge in [0.1, 0.15) is 11.5 Å². The molecule has 0 unspecified atom stereocenters. The van der Waals surface area contributed by atoms with E-state index in [9.17, 15) is 18.0 Å².